The molecule has 2 aromatic rings. The molecule has 0 radical (unpaired) electrons. The van der Waals surface area contributed by atoms with Gasteiger partial charge >= 0.3 is 0 Å². The van der Waals surface area contributed by atoms with E-state index in [1.54, 1.807) is 7.11 Å². The molecule has 1 amide bonds. The minimum atomic E-state index is -0.0212. The second-order valence-electron chi connectivity index (χ2n) is 7.41. The molecule has 4 nitrogen and oxygen atoms in total. The smallest absolute Gasteiger partial charge is 0.224 e. The molecule has 0 aliphatic rings. The highest BCUT2D eigenvalue weighted by atomic mass is 79.9. The number of amides is 1. The molecule has 1 N–H and O–H groups in total. The lowest BCUT2D eigenvalue weighted by Gasteiger charge is -2.20. The third-order valence-corrected chi connectivity index (χ3v) is 4.93. The van der Waals surface area contributed by atoms with Crippen LogP contribution in [0.2, 0.25) is 0 Å². The Morgan fingerprint density at radius 3 is 2.44 bits per heavy atom. The van der Waals surface area contributed by atoms with Crippen LogP contribution in [-0.2, 0) is 16.6 Å². The zero-order valence-corrected chi connectivity index (χ0v) is 18.3. The van der Waals surface area contributed by atoms with Crippen LogP contribution in [0.5, 0.6) is 11.5 Å². The molecule has 146 valence electrons. The highest BCUT2D eigenvalue weighted by molar-refractivity contribution is 9.10. The SMILES string of the molecule is CCOc1ccc(CCC(=O)Nc2ccc(C(C)(C)C)cc2Br)cc1OC. The number of methoxy groups -OCH3 is 1. The van der Waals surface area contributed by atoms with Gasteiger partial charge in [-0.2, -0.15) is 0 Å². The van der Waals surface area contributed by atoms with Crippen LogP contribution in [0.1, 0.15) is 45.2 Å². The van der Waals surface area contributed by atoms with Crippen LogP contribution in [-0.4, -0.2) is 19.6 Å². The first-order valence-electron chi connectivity index (χ1n) is 9.14. The largest absolute Gasteiger partial charge is 0.493 e. The van der Waals surface area contributed by atoms with E-state index < -0.39 is 0 Å². The van der Waals surface area contributed by atoms with Gasteiger partial charge in [0.05, 0.1) is 19.4 Å². The molecule has 0 spiro atoms. The first-order chi connectivity index (χ1) is 12.7. The van der Waals surface area contributed by atoms with E-state index in [9.17, 15) is 4.79 Å². The summed E-state index contributed by atoms with van der Waals surface area (Å²) < 4.78 is 11.8. The second kappa shape index (κ2) is 9.27. The van der Waals surface area contributed by atoms with Crippen molar-refractivity contribution in [3.63, 3.8) is 0 Å². The van der Waals surface area contributed by atoms with E-state index in [2.05, 4.69) is 54.2 Å². The molecule has 0 aliphatic heterocycles. The third kappa shape index (κ3) is 5.99. The minimum Gasteiger partial charge on any atom is -0.493 e. The summed E-state index contributed by atoms with van der Waals surface area (Å²) in [5.74, 6) is 1.39. The number of anilines is 1. The van der Waals surface area contributed by atoms with E-state index in [-0.39, 0.29) is 11.3 Å². The molecule has 0 bridgehead atoms. The van der Waals surface area contributed by atoms with Crippen LogP contribution in [0, 0.1) is 0 Å². The van der Waals surface area contributed by atoms with E-state index in [0.29, 0.717) is 25.2 Å². The molecule has 0 heterocycles. The number of benzene rings is 2. The Kier molecular flexibility index (Phi) is 7.31. The number of ether oxygens (including phenoxy) is 2. The number of hydrogen-bond donors (Lipinski definition) is 1. The molecule has 0 unspecified atom stereocenters. The number of carbonyl (C=O) groups is 1. The van der Waals surface area contributed by atoms with E-state index in [1.807, 2.05) is 31.2 Å². The lowest BCUT2D eigenvalue weighted by atomic mass is 9.87. The fourth-order valence-electron chi connectivity index (χ4n) is 2.70. The number of aryl methyl sites for hydroxylation is 1. The average molecular weight is 434 g/mol. The Bertz CT molecular complexity index is 797. The van der Waals surface area contributed by atoms with Gasteiger partial charge in [-0.1, -0.05) is 32.9 Å². The molecular weight excluding hydrogens is 406 g/mol. The fraction of sp³-hybridized carbons (Fsp3) is 0.409. The molecule has 0 fully saturated rings. The van der Waals surface area contributed by atoms with Crippen LogP contribution < -0.4 is 14.8 Å². The van der Waals surface area contributed by atoms with Gasteiger partial charge in [0.25, 0.3) is 0 Å². The highest BCUT2D eigenvalue weighted by Gasteiger charge is 2.15. The lowest BCUT2D eigenvalue weighted by Crippen LogP contribution is -2.14. The molecule has 0 atom stereocenters. The van der Waals surface area contributed by atoms with Crippen LogP contribution in [0.25, 0.3) is 0 Å². The number of nitrogens with one attached hydrogen (secondary N) is 1. The fourth-order valence-corrected chi connectivity index (χ4v) is 3.17. The van der Waals surface area contributed by atoms with Gasteiger partial charge in [0.2, 0.25) is 5.91 Å². The summed E-state index contributed by atoms with van der Waals surface area (Å²) in [6.45, 7) is 9.01. The normalized spacial score (nSPS) is 11.2. The summed E-state index contributed by atoms with van der Waals surface area (Å²) in [6.07, 6.45) is 1.02. The highest BCUT2D eigenvalue weighted by Crippen LogP contribution is 2.31. The van der Waals surface area contributed by atoms with Crippen molar-refractivity contribution < 1.29 is 14.3 Å². The molecule has 0 aromatic heterocycles. The molecule has 0 saturated carbocycles. The first-order valence-corrected chi connectivity index (χ1v) is 9.93. The number of halogens is 1. The van der Waals surface area contributed by atoms with Crippen molar-refractivity contribution in [2.75, 3.05) is 19.0 Å². The van der Waals surface area contributed by atoms with Crippen molar-refractivity contribution in [2.24, 2.45) is 0 Å². The van der Waals surface area contributed by atoms with Gasteiger partial charge in [-0.15, -0.1) is 0 Å². The van der Waals surface area contributed by atoms with Crippen molar-refractivity contribution in [3.05, 3.63) is 52.0 Å². The predicted molar refractivity (Wildman–Crippen MR) is 114 cm³/mol. The Morgan fingerprint density at radius 2 is 1.85 bits per heavy atom. The van der Waals surface area contributed by atoms with Crippen molar-refractivity contribution in [1.29, 1.82) is 0 Å². The van der Waals surface area contributed by atoms with Gasteiger partial charge in [0.1, 0.15) is 0 Å². The molecule has 5 heteroatoms. The van der Waals surface area contributed by atoms with E-state index in [4.69, 9.17) is 9.47 Å². The van der Waals surface area contributed by atoms with Crippen LogP contribution >= 0.6 is 15.9 Å². The lowest BCUT2D eigenvalue weighted by molar-refractivity contribution is -0.116. The van der Waals surface area contributed by atoms with E-state index >= 15 is 0 Å². The summed E-state index contributed by atoms with van der Waals surface area (Å²) >= 11 is 3.56. The van der Waals surface area contributed by atoms with Crippen LogP contribution in [0.15, 0.2) is 40.9 Å². The summed E-state index contributed by atoms with van der Waals surface area (Å²) in [5, 5.41) is 2.98. The minimum absolute atomic E-state index is 0.0212. The number of carbonyl (C=O) groups excluding carboxylic acids is 1. The van der Waals surface area contributed by atoms with Crippen LogP contribution in [0.4, 0.5) is 5.69 Å². The summed E-state index contributed by atoms with van der Waals surface area (Å²) in [7, 11) is 1.62. The maximum absolute atomic E-state index is 12.4. The van der Waals surface area contributed by atoms with Crippen molar-refractivity contribution in [2.45, 2.75) is 46.0 Å². The Balaban J connectivity index is 1.98. The summed E-state index contributed by atoms with van der Waals surface area (Å²) in [4.78, 5) is 12.4. The quantitative estimate of drug-likeness (QED) is 0.606. The monoisotopic (exact) mass is 433 g/mol. The van der Waals surface area contributed by atoms with Gasteiger partial charge in [0, 0.05) is 10.9 Å². The Hall–Kier alpha value is -2.01. The predicted octanol–water partition coefficient (Wildman–Crippen LogP) is 5.73. The molecule has 0 saturated heterocycles. The van der Waals surface area contributed by atoms with Gasteiger partial charge in [0.15, 0.2) is 11.5 Å². The molecule has 2 rings (SSSR count). The maximum atomic E-state index is 12.4. The Morgan fingerprint density at radius 1 is 1.11 bits per heavy atom. The topological polar surface area (TPSA) is 47.6 Å². The molecule has 0 aliphatic carbocycles. The summed E-state index contributed by atoms with van der Waals surface area (Å²) in [5.41, 5.74) is 3.11. The van der Waals surface area contributed by atoms with Crippen molar-refractivity contribution in [3.8, 4) is 11.5 Å². The first kappa shape index (κ1) is 21.3. The Labute approximate surface area is 170 Å². The zero-order valence-electron chi connectivity index (χ0n) is 16.7. The van der Waals surface area contributed by atoms with Gasteiger partial charge in [-0.3, -0.25) is 4.79 Å². The summed E-state index contributed by atoms with van der Waals surface area (Å²) in [6, 6.07) is 11.8. The maximum Gasteiger partial charge on any atom is 0.224 e. The van der Waals surface area contributed by atoms with Crippen LogP contribution in [0.3, 0.4) is 0 Å². The second-order valence-corrected chi connectivity index (χ2v) is 8.27. The van der Waals surface area contributed by atoms with Gasteiger partial charge < -0.3 is 14.8 Å². The van der Waals surface area contributed by atoms with Crippen molar-refractivity contribution >= 4 is 27.5 Å². The molecule has 2 aromatic carbocycles. The molecule has 27 heavy (non-hydrogen) atoms. The third-order valence-electron chi connectivity index (χ3n) is 4.28. The number of hydrogen-bond acceptors (Lipinski definition) is 3. The molecular formula is C22H28BrNO3. The average Bonchev–Trinajstić information content (AvgIpc) is 2.62. The van der Waals surface area contributed by atoms with E-state index in [0.717, 1.165) is 21.5 Å². The number of rotatable bonds is 7. The van der Waals surface area contributed by atoms with Crippen molar-refractivity contribution in [1.82, 2.24) is 0 Å². The van der Waals surface area contributed by atoms with E-state index in [1.165, 1.54) is 5.56 Å². The standard InChI is InChI=1S/C22H28BrNO3/c1-6-27-19-11-7-15(13-20(19)26-5)8-12-21(25)24-18-10-9-16(14-17(18)23)22(2,3)4/h7,9-11,13-14H,6,8,12H2,1-5H3,(H,24,25). The van der Waals surface area contributed by atoms with Gasteiger partial charge in [-0.05, 0) is 70.1 Å². The zero-order chi connectivity index (χ0) is 20.0. The van der Waals surface area contributed by atoms with Gasteiger partial charge in [-0.25, -0.2) is 0 Å².